The Labute approximate surface area is 86.3 Å². The molecule has 2 unspecified atom stereocenters. The Morgan fingerprint density at radius 2 is 2.14 bits per heavy atom. The first kappa shape index (κ1) is 11.5. The van der Waals surface area contributed by atoms with Crippen molar-refractivity contribution in [2.24, 2.45) is 11.8 Å². The van der Waals surface area contributed by atoms with E-state index in [4.69, 9.17) is 14.9 Å². The average Bonchev–Trinajstić information content (AvgIpc) is 2.83. The van der Waals surface area contributed by atoms with Crippen LogP contribution in [-0.4, -0.2) is 25.2 Å². The number of hydrogen-bond donors (Lipinski definition) is 1. The van der Waals surface area contributed by atoms with Gasteiger partial charge in [-0.05, 0) is 18.3 Å². The van der Waals surface area contributed by atoms with Crippen LogP contribution < -0.4 is 0 Å². The van der Waals surface area contributed by atoms with E-state index in [0.717, 1.165) is 19.4 Å². The summed E-state index contributed by atoms with van der Waals surface area (Å²) in [5.41, 5.74) is 0. The molecule has 0 aliphatic carbocycles. The van der Waals surface area contributed by atoms with Gasteiger partial charge in [0, 0.05) is 6.42 Å². The summed E-state index contributed by atoms with van der Waals surface area (Å²) < 4.78 is 10.5. The SMILES string of the molecule is CC(C)CC(=N)OCC(C)CC1CO1. The van der Waals surface area contributed by atoms with Crippen molar-refractivity contribution >= 4 is 5.90 Å². The number of epoxide rings is 1. The molecule has 0 bridgehead atoms. The molecule has 0 radical (unpaired) electrons. The highest BCUT2D eigenvalue weighted by Gasteiger charge is 2.24. The topological polar surface area (TPSA) is 45.6 Å². The maximum atomic E-state index is 7.56. The summed E-state index contributed by atoms with van der Waals surface area (Å²) in [7, 11) is 0. The molecule has 1 aliphatic rings. The van der Waals surface area contributed by atoms with Gasteiger partial charge >= 0.3 is 0 Å². The molecule has 14 heavy (non-hydrogen) atoms. The van der Waals surface area contributed by atoms with Gasteiger partial charge in [0.2, 0.25) is 0 Å². The summed E-state index contributed by atoms with van der Waals surface area (Å²) in [6.45, 7) is 7.91. The van der Waals surface area contributed by atoms with Crippen molar-refractivity contribution in [3.05, 3.63) is 0 Å². The summed E-state index contributed by atoms with van der Waals surface area (Å²) >= 11 is 0. The van der Waals surface area contributed by atoms with Gasteiger partial charge in [-0.2, -0.15) is 0 Å². The standard InChI is InChI=1S/C11H21NO2/c1-8(2)4-11(12)14-6-9(3)5-10-7-13-10/h8-10,12H,4-7H2,1-3H3. The third-order valence-corrected chi connectivity index (χ3v) is 2.20. The fourth-order valence-corrected chi connectivity index (χ4v) is 1.39. The van der Waals surface area contributed by atoms with Crippen LogP contribution in [0.5, 0.6) is 0 Å². The number of ether oxygens (including phenoxy) is 2. The highest BCUT2D eigenvalue weighted by Crippen LogP contribution is 2.19. The first-order valence-electron chi connectivity index (χ1n) is 5.39. The lowest BCUT2D eigenvalue weighted by Crippen LogP contribution is -2.14. The second-order valence-corrected chi connectivity index (χ2v) is 4.63. The zero-order valence-corrected chi connectivity index (χ0v) is 9.38. The molecular formula is C11H21NO2. The van der Waals surface area contributed by atoms with Crippen molar-refractivity contribution in [2.45, 2.75) is 39.7 Å². The van der Waals surface area contributed by atoms with Crippen LogP contribution in [0.25, 0.3) is 0 Å². The molecule has 1 saturated heterocycles. The largest absolute Gasteiger partial charge is 0.481 e. The van der Waals surface area contributed by atoms with Crippen molar-refractivity contribution < 1.29 is 9.47 Å². The molecular weight excluding hydrogens is 178 g/mol. The van der Waals surface area contributed by atoms with Gasteiger partial charge in [0.25, 0.3) is 0 Å². The fourth-order valence-electron chi connectivity index (χ4n) is 1.39. The lowest BCUT2D eigenvalue weighted by molar-refractivity contribution is 0.218. The van der Waals surface area contributed by atoms with E-state index in [1.165, 1.54) is 0 Å². The van der Waals surface area contributed by atoms with Gasteiger partial charge < -0.3 is 9.47 Å². The third-order valence-electron chi connectivity index (χ3n) is 2.20. The number of rotatable bonds is 6. The monoisotopic (exact) mass is 199 g/mol. The van der Waals surface area contributed by atoms with Crippen LogP contribution >= 0.6 is 0 Å². The summed E-state index contributed by atoms with van der Waals surface area (Å²) in [5.74, 6) is 1.42. The van der Waals surface area contributed by atoms with Gasteiger partial charge in [0.1, 0.15) is 0 Å². The molecule has 1 N–H and O–H groups in total. The molecule has 0 saturated carbocycles. The van der Waals surface area contributed by atoms with Crippen LogP contribution in [0.4, 0.5) is 0 Å². The van der Waals surface area contributed by atoms with E-state index in [0.29, 0.717) is 30.4 Å². The molecule has 82 valence electrons. The van der Waals surface area contributed by atoms with Gasteiger partial charge in [0.15, 0.2) is 5.90 Å². The second kappa shape index (κ2) is 5.35. The first-order chi connectivity index (χ1) is 6.58. The molecule has 0 aromatic rings. The Balaban J connectivity index is 2.02. The van der Waals surface area contributed by atoms with Gasteiger partial charge in [-0.15, -0.1) is 0 Å². The molecule has 1 aliphatic heterocycles. The van der Waals surface area contributed by atoms with Crippen LogP contribution in [0.15, 0.2) is 0 Å². The van der Waals surface area contributed by atoms with E-state index < -0.39 is 0 Å². The van der Waals surface area contributed by atoms with E-state index in [1.54, 1.807) is 0 Å². The summed E-state index contributed by atoms with van der Waals surface area (Å²) in [6.07, 6.45) is 2.27. The second-order valence-electron chi connectivity index (χ2n) is 4.63. The van der Waals surface area contributed by atoms with Gasteiger partial charge in [-0.25, -0.2) is 0 Å². The van der Waals surface area contributed by atoms with Crippen molar-refractivity contribution in [3.63, 3.8) is 0 Å². The first-order valence-corrected chi connectivity index (χ1v) is 5.39. The van der Waals surface area contributed by atoms with Crippen molar-refractivity contribution in [1.82, 2.24) is 0 Å². The van der Waals surface area contributed by atoms with E-state index in [1.807, 2.05) is 0 Å². The Morgan fingerprint density at radius 3 is 2.64 bits per heavy atom. The molecule has 0 aromatic heterocycles. The molecule has 1 rings (SSSR count). The minimum atomic E-state index is 0.420. The lowest BCUT2D eigenvalue weighted by atomic mass is 10.1. The van der Waals surface area contributed by atoms with E-state index in [-0.39, 0.29) is 0 Å². The molecule has 3 nitrogen and oxygen atoms in total. The van der Waals surface area contributed by atoms with Crippen LogP contribution in [0, 0.1) is 17.2 Å². The minimum Gasteiger partial charge on any atom is -0.481 e. The van der Waals surface area contributed by atoms with E-state index in [9.17, 15) is 0 Å². The Kier molecular flexibility index (Phi) is 4.39. The van der Waals surface area contributed by atoms with Crippen LogP contribution in [0.1, 0.15) is 33.6 Å². The van der Waals surface area contributed by atoms with Crippen molar-refractivity contribution in [3.8, 4) is 0 Å². The van der Waals surface area contributed by atoms with Crippen LogP contribution in [0.2, 0.25) is 0 Å². The molecule has 0 spiro atoms. The summed E-state index contributed by atoms with van der Waals surface area (Å²) in [5, 5.41) is 7.56. The van der Waals surface area contributed by atoms with Gasteiger partial charge in [-0.1, -0.05) is 20.8 Å². The number of nitrogens with one attached hydrogen (secondary N) is 1. The van der Waals surface area contributed by atoms with Gasteiger partial charge in [0.05, 0.1) is 19.3 Å². The summed E-state index contributed by atoms with van der Waals surface area (Å²) in [6, 6.07) is 0. The molecule has 0 aromatic carbocycles. The zero-order valence-electron chi connectivity index (χ0n) is 9.38. The Hall–Kier alpha value is -0.570. The predicted molar refractivity (Wildman–Crippen MR) is 56.7 cm³/mol. The third kappa shape index (κ3) is 5.22. The molecule has 2 atom stereocenters. The summed E-state index contributed by atoms with van der Waals surface area (Å²) in [4.78, 5) is 0. The highest BCUT2D eigenvalue weighted by atomic mass is 16.6. The molecule has 3 heteroatoms. The highest BCUT2D eigenvalue weighted by molar-refractivity contribution is 5.72. The Morgan fingerprint density at radius 1 is 1.50 bits per heavy atom. The average molecular weight is 199 g/mol. The maximum absolute atomic E-state index is 7.56. The smallest absolute Gasteiger partial charge is 0.180 e. The fraction of sp³-hybridized carbons (Fsp3) is 0.909. The van der Waals surface area contributed by atoms with E-state index in [2.05, 4.69) is 20.8 Å². The quantitative estimate of drug-likeness (QED) is 0.406. The molecule has 0 amide bonds. The van der Waals surface area contributed by atoms with E-state index >= 15 is 0 Å². The maximum Gasteiger partial charge on any atom is 0.180 e. The van der Waals surface area contributed by atoms with Gasteiger partial charge in [-0.3, -0.25) is 5.41 Å². The van der Waals surface area contributed by atoms with Crippen molar-refractivity contribution in [2.75, 3.05) is 13.2 Å². The lowest BCUT2D eigenvalue weighted by Gasteiger charge is -2.13. The number of hydrogen-bond acceptors (Lipinski definition) is 3. The molecule has 1 fully saturated rings. The zero-order chi connectivity index (χ0) is 10.6. The van der Waals surface area contributed by atoms with Crippen molar-refractivity contribution in [1.29, 1.82) is 5.41 Å². The predicted octanol–water partition coefficient (Wildman–Crippen LogP) is 2.45. The minimum absolute atomic E-state index is 0.420. The normalized spacial score (nSPS) is 22.1. The van der Waals surface area contributed by atoms with Crippen LogP contribution in [0.3, 0.4) is 0 Å². The Bertz CT molecular complexity index is 188. The van der Waals surface area contributed by atoms with Crippen LogP contribution in [-0.2, 0) is 9.47 Å². The molecule has 1 heterocycles.